The highest BCUT2D eigenvalue weighted by atomic mass is 35.5. The summed E-state index contributed by atoms with van der Waals surface area (Å²) in [6.07, 6.45) is 1.21. The van der Waals surface area contributed by atoms with E-state index >= 15 is 0 Å². The molecule has 150 valence electrons. The molecular formula is C20H22ClFN2O3S. The second kappa shape index (κ2) is 8.59. The number of benzene rings is 2. The molecular weight excluding hydrogens is 403 g/mol. The molecule has 0 saturated carbocycles. The number of hydrogen-bond acceptors (Lipinski definition) is 3. The maximum Gasteiger partial charge on any atom is 0.243 e. The van der Waals surface area contributed by atoms with Crippen molar-refractivity contribution < 1.29 is 17.6 Å². The van der Waals surface area contributed by atoms with Crippen LogP contribution >= 0.6 is 11.6 Å². The monoisotopic (exact) mass is 424 g/mol. The molecule has 28 heavy (non-hydrogen) atoms. The van der Waals surface area contributed by atoms with Gasteiger partial charge in [-0.15, -0.1) is 0 Å². The molecule has 3 rings (SSSR count). The quantitative estimate of drug-likeness (QED) is 0.794. The Bertz CT molecular complexity index is 933. The Morgan fingerprint density at radius 2 is 1.82 bits per heavy atom. The van der Waals surface area contributed by atoms with Crippen molar-refractivity contribution in [2.24, 2.45) is 5.92 Å². The second-order valence-corrected chi connectivity index (χ2v) is 9.31. The van der Waals surface area contributed by atoms with Crippen molar-refractivity contribution in [3.8, 4) is 0 Å². The average molecular weight is 425 g/mol. The topological polar surface area (TPSA) is 66.5 Å². The Balaban J connectivity index is 1.67. The van der Waals surface area contributed by atoms with Crippen molar-refractivity contribution in [3.63, 3.8) is 0 Å². The lowest BCUT2D eigenvalue weighted by Gasteiger charge is -2.32. The van der Waals surface area contributed by atoms with Crippen LogP contribution in [0.2, 0.25) is 5.02 Å². The number of carbonyl (C=O) groups excluding carboxylic acids is 1. The van der Waals surface area contributed by atoms with Gasteiger partial charge in [0.15, 0.2) is 0 Å². The molecule has 0 radical (unpaired) electrons. The van der Waals surface area contributed by atoms with Gasteiger partial charge in [0.05, 0.1) is 16.9 Å². The third-order valence-electron chi connectivity index (χ3n) is 4.94. The lowest BCUT2D eigenvalue weighted by atomic mass is 9.98. The Labute approximate surface area is 169 Å². The number of nitrogens with zero attached hydrogens (tertiary/aromatic N) is 1. The highest BCUT2D eigenvalue weighted by molar-refractivity contribution is 7.89. The van der Waals surface area contributed by atoms with Crippen LogP contribution in [0.15, 0.2) is 53.4 Å². The Kier molecular flexibility index (Phi) is 6.37. The van der Waals surface area contributed by atoms with Crippen molar-refractivity contribution in [1.82, 2.24) is 9.62 Å². The van der Waals surface area contributed by atoms with E-state index in [1.807, 2.05) is 19.1 Å². The van der Waals surface area contributed by atoms with Gasteiger partial charge in [-0.2, -0.15) is 4.31 Å². The number of rotatable bonds is 5. The zero-order valence-corrected chi connectivity index (χ0v) is 17.0. The van der Waals surface area contributed by atoms with Gasteiger partial charge in [-0.25, -0.2) is 12.8 Å². The van der Waals surface area contributed by atoms with Crippen LogP contribution < -0.4 is 5.32 Å². The molecule has 0 bridgehead atoms. The van der Waals surface area contributed by atoms with E-state index in [0.717, 1.165) is 17.7 Å². The van der Waals surface area contributed by atoms with Crippen LogP contribution in [0.1, 0.15) is 31.4 Å². The van der Waals surface area contributed by atoms with Crippen molar-refractivity contribution in [1.29, 1.82) is 0 Å². The minimum atomic E-state index is -3.76. The SMILES string of the molecule is C[C@H](NC(=O)[C@H]1CCCN(S(=O)(=O)c2ccc(F)cc2)C1)c1ccc(Cl)cc1. The number of sulfonamides is 1. The van der Waals surface area contributed by atoms with Gasteiger partial charge in [0.2, 0.25) is 15.9 Å². The summed E-state index contributed by atoms with van der Waals surface area (Å²) < 4.78 is 40.0. The fourth-order valence-corrected chi connectivity index (χ4v) is 4.95. The summed E-state index contributed by atoms with van der Waals surface area (Å²) in [5.74, 6) is -1.11. The first-order chi connectivity index (χ1) is 13.3. The van der Waals surface area contributed by atoms with E-state index in [-0.39, 0.29) is 23.4 Å². The molecule has 1 fully saturated rings. The Hall–Kier alpha value is -1.96. The fourth-order valence-electron chi connectivity index (χ4n) is 3.30. The molecule has 2 aromatic rings. The molecule has 2 aromatic carbocycles. The summed E-state index contributed by atoms with van der Waals surface area (Å²) in [5.41, 5.74) is 0.921. The normalized spacial score (nSPS) is 19.2. The van der Waals surface area contributed by atoms with Crippen LogP contribution in [0.4, 0.5) is 4.39 Å². The van der Waals surface area contributed by atoms with Crippen LogP contribution in [-0.2, 0) is 14.8 Å². The predicted octanol–water partition coefficient (Wildman–Crippen LogP) is 3.76. The van der Waals surface area contributed by atoms with Gasteiger partial charge in [-0.3, -0.25) is 4.79 Å². The number of amides is 1. The standard InChI is InChI=1S/C20H22ClFN2O3S/c1-14(15-4-6-17(21)7-5-15)23-20(25)16-3-2-12-24(13-16)28(26,27)19-10-8-18(22)9-11-19/h4-11,14,16H,2-3,12-13H2,1H3,(H,23,25)/t14-,16-/m0/s1. The van der Waals surface area contributed by atoms with E-state index in [1.165, 1.54) is 16.4 Å². The van der Waals surface area contributed by atoms with Crippen LogP contribution in [-0.4, -0.2) is 31.7 Å². The summed E-state index contributed by atoms with van der Waals surface area (Å²) in [4.78, 5) is 12.7. The molecule has 0 spiro atoms. The summed E-state index contributed by atoms with van der Waals surface area (Å²) >= 11 is 5.89. The Morgan fingerprint density at radius 1 is 1.18 bits per heavy atom. The first-order valence-corrected chi connectivity index (χ1v) is 10.9. The summed E-state index contributed by atoms with van der Waals surface area (Å²) in [5, 5.41) is 3.57. The number of carbonyl (C=O) groups is 1. The zero-order valence-electron chi connectivity index (χ0n) is 15.4. The third-order valence-corrected chi connectivity index (χ3v) is 7.07. The highest BCUT2D eigenvalue weighted by Crippen LogP contribution is 2.25. The van der Waals surface area contributed by atoms with Crippen molar-refractivity contribution >= 4 is 27.5 Å². The van der Waals surface area contributed by atoms with E-state index in [0.29, 0.717) is 24.4 Å². The molecule has 1 N–H and O–H groups in total. The molecule has 1 amide bonds. The van der Waals surface area contributed by atoms with Gasteiger partial charge < -0.3 is 5.32 Å². The van der Waals surface area contributed by atoms with E-state index in [4.69, 9.17) is 11.6 Å². The first kappa shape index (κ1) is 20.8. The van der Waals surface area contributed by atoms with Crippen LogP contribution in [0.3, 0.4) is 0 Å². The molecule has 1 aliphatic heterocycles. The van der Waals surface area contributed by atoms with E-state index < -0.39 is 21.8 Å². The molecule has 8 heteroatoms. The number of piperidine rings is 1. The van der Waals surface area contributed by atoms with Gasteiger partial charge in [-0.05, 0) is 61.7 Å². The lowest BCUT2D eigenvalue weighted by Crippen LogP contribution is -2.45. The van der Waals surface area contributed by atoms with Crippen LogP contribution in [0, 0.1) is 11.7 Å². The van der Waals surface area contributed by atoms with Crippen molar-refractivity contribution in [2.45, 2.75) is 30.7 Å². The Morgan fingerprint density at radius 3 is 2.46 bits per heavy atom. The second-order valence-electron chi connectivity index (χ2n) is 6.94. The number of hydrogen-bond donors (Lipinski definition) is 1. The lowest BCUT2D eigenvalue weighted by molar-refractivity contribution is -0.126. The summed E-state index contributed by atoms with van der Waals surface area (Å²) in [6, 6.07) is 11.7. The van der Waals surface area contributed by atoms with Gasteiger partial charge in [-0.1, -0.05) is 23.7 Å². The van der Waals surface area contributed by atoms with Gasteiger partial charge in [0.25, 0.3) is 0 Å². The van der Waals surface area contributed by atoms with Gasteiger partial charge in [0, 0.05) is 18.1 Å². The highest BCUT2D eigenvalue weighted by Gasteiger charge is 2.33. The average Bonchev–Trinajstić information content (AvgIpc) is 2.69. The molecule has 2 atom stereocenters. The predicted molar refractivity (Wildman–Crippen MR) is 106 cm³/mol. The smallest absolute Gasteiger partial charge is 0.243 e. The molecule has 1 aliphatic rings. The van der Waals surface area contributed by atoms with Gasteiger partial charge >= 0.3 is 0 Å². The van der Waals surface area contributed by atoms with E-state index in [2.05, 4.69) is 5.32 Å². The van der Waals surface area contributed by atoms with E-state index in [1.54, 1.807) is 12.1 Å². The maximum atomic E-state index is 13.1. The largest absolute Gasteiger partial charge is 0.349 e. The molecule has 0 unspecified atom stereocenters. The van der Waals surface area contributed by atoms with Crippen molar-refractivity contribution in [3.05, 3.63) is 64.9 Å². The molecule has 1 heterocycles. The zero-order chi connectivity index (χ0) is 20.3. The fraction of sp³-hybridized carbons (Fsp3) is 0.350. The van der Waals surface area contributed by atoms with Crippen LogP contribution in [0.25, 0.3) is 0 Å². The third kappa shape index (κ3) is 4.71. The molecule has 1 saturated heterocycles. The molecule has 0 aromatic heterocycles. The maximum absolute atomic E-state index is 13.1. The van der Waals surface area contributed by atoms with Crippen LogP contribution in [0.5, 0.6) is 0 Å². The van der Waals surface area contributed by atoms with Gasteiger partial charge in [0.1, 0.15) is 5.82 Å². The minimum absolute atomic E-state index is 0.0319. The molecule has 5 nitrogen and oxygen atoms in total. The van der Waals surface area contributed by atoms with Crippen molar-refractivity contribution in [2.75, 3.05) is 13.1 Å². The first-order valence-electron chi connectivity index (χ1n) is 9.09. The summed E-state index contributed by atoms with van der Waals surface area (Å²) in [7, 11) is -3.76. The summed E-state index contributed by atoms with van der Waals surface area (Å²) in [6.45, 7) is 2.33. The number of nitrogens with one attached hydrogen (secondary N) is 1. The molecule has 0 aliphatic carbocycles. The number of halogens is 2. The minimum Gasteiger partial charge on any atom is -0.349 e. The van der Waals surface area contributed by atoms with E-state index in [9.17, 15) is 17.6 Å².